The van der Waals surface area contributed by atoms with E-state index >= 15 is 0 Å². The zero-order chi connectivity index (χ0) is 24.3. The molecule has 2 atom stereocenters. The van der Waals surface area contributed by atoms with E-state index in [9.17, 15) is 19.2 Å². The largest absolute Gasteiger partial charge is 0.444 e. The number of hydrogen-bond donors (Lipinski definition) is 3. The van der Waals surface area contributed by atoms with E-state index in [1.54, 1.807) is 52.0 Å². The van der Waals surface area contributed by atoms with Crippen LogP contribution >= 0.6 is 0 Å². The molecule has 0 aliphatic heterocycles. The van der Waals surface area contributed by atoms with Crippen molar-refractivity contribution in [3.8, 4) is 0 Å². The summed E-state index contributed by atoms with van der Waals surface area (Å²) >= 11 is 0. The van der Waals surface area contributed by atoms with E-state index in [-0.39, 0.29) is 12.5 Å². The normalized spacial score (nSPS) is 12.9. The van der Waals surface area contributed by atoms with Gasteiger partial charge in [-0.3, -0.25) is 14.4 Å². The summed E-state index contributed by atoms with van der Waals surface area (Å²) < 4.78 is 5.22. The second kappa shape index (κ2) is 12.7. The fourth-order valence-electron chi connectivity index (χ4n) is 3.11. The summed E-state index contributed by atoms with van der Waals surface area (Å²) in [5, 5.41) is 5.30. The standard InChI is InChI=1S/C23H36N4O5/c1-6-8-14-25-20(29)19(16-12-10-9-11-13-16)27(7-2)21(30)17(15-18(24)28)26-22(31)32-23(3,4)5/h9-13,17,19H,6-8,14-15H2,1-5H3,(H2,24,28)(H,25,29)(H,26,31). The molecule has 9 nitrogen and oxygen atoms in total. The van der Waals surface area contributed by atoms with Gasteiger partial charge in [0.05, 0.1) is 6.42 Å². The van der Waals surface area contributed by atoms with Gasteiger partial charge >= 0.3 is 6.09 Å². The van der Waals surface area contributed by atoms with Crippen LogP contribution in [-0.2, 0) is 19.1 Å². The molecule has 0 radical (unpaired) electrons. The van der Waals surface area contributed by atoms with E-state index in [1.807, 2.05) is 13.0 Å². The third-order valence-corrected chi connectivity index (χ3v) is 4.52. The van der Waals surface area contributed by atoms with Crippen molar-refractivity contribution >= 4 is 23.8 Å². The number of benzene rings is 1. The third-order valence-electron chi connectivity index (χ3n) is 4.52. The van der Waals surface area contributed by atoms with Gasteiger partial charge in [-0.05, 0) is 39.7 Å². The number of primary amides is 1. The van der Waals surface area contributed by atoms with Crippen molar-refractivity contribution in [2.24, 2.45) is 5.73 Å². The molecule has 9 heteroatoms. The van der Waals surface area contributed by atoms with Gasteiger partial charge in [0.1, 0.15) is 17.7 Å². The molecule has 2 unspecified atom stereocenters. The number of likely N-dealkylation sites (N-methyl/N-ethyl adjacent to an activating group) is 1. The smallest absolute Gasteiger partial charge is 0.408 e. The highest BCUT2D eigenvalue weighted by Gasteiger charge is 2.36. The molecule has 0 saturated heterocycles. The highest BCUT2D eigenvalue weighted by molar-refractivity contribution is 5.94. The predicted molar refractivity (Wildman–Crippen MR) is 121 cm³/mol. The summed E-state index contributed by atoms with van der Waals surface area (Å²) in [4.78, 5) is 51.7. The minimum absolute atomic E-state index is 0.171. The van der Waals surface area contributed by atoms with Crippen LogP contribution in [0.4, 0.5) is 4.79 Å². The van der Waals surface area contributed by atoms with Crippen LogP contribution in [0.15, 0.2) is 30.3 Å². The molecule has 4 amide bonds. The van der Waals surface area contributed by atoms with Crippen molar-refractivity contribution in [2.75, 3.05) is 13.1 Å². The minimum atomic E-state index is -1.27. The number of alkyl carbamates (subject to hydrolysis) is 1. The first-order valence-corrected chi connectivity index (χ1v) is 10.9. The Morgan fingerprint density at radius 1 is 1.09 bits per heavy atom. The Balaban J connectivity index is 3.23. The maximum Gasteiger partial charge on any atom is 0.408 e. The Morgan fingerprint density at radius 3 is 2.22 bits per heavy atom. The lowest BCUT2D eigenvalue weighted by molar-refractivity contribution is -0.143. The van der Waals surface area contributed by atoms with Crippen LogP contribution in [0.1, 0.15) is 65.5 Å². The van der Waals surface area contributed by atoms with E-state index < -0.39 is 42.0 Å². The molecule has 1 aromatic rings. The second-order valence-electron chi connectivity index (χ2n) is 8.45. The van der Waals surface area contributed by atoms with Gasteiger partial charge in [0, 0.05) is 13.1 Å². The molecule has 0 heterocycles. The Bertz CT molecular complexity index is 776. The van der Waals surface area contributed by atoms with Crippen LogP contribution in [-0.4, -0.2) is 53.4 Å². The van der Waals surface area contributed by atoms with Gasteiger partial charge in [-0.25, -0.2) is 4.79 Å². The summed E-state index contributed by atoms with van der Waals surface area (Å²) in [6, 6.07) is 6.68. The SMILES string of the molecule is CCCCNC(=O)C(c1ccccc1)N(CC)C(=O)C(CC(N)=O)NC(=O)OC(C)(C)C. The molecule has 0 fully saturated rings. The number of nitrogens with zero attached hydrogens (tertiary/aromatic N) is 1. The maximum atomic E-state index is 13.4. The second-order valence-corrected chi connectivity index (χ2v) is 8.45. The number of amides is 4. The van der Waals surface area contributed by atoms with E-state index in [0.717, 1.165) is 12.8 Å². The highest BCUT2D eigenvalue weighted by Crippen LogP contribution is 2.23. The number of hydrogen-bond acceptors (Lipinski definition) is 5. The number of unbranched alkanes of at least 4 members (excludes halogenated alkanes) is 1. The first-order valence-electron chi connectivity index (χ1n) is 10.9. The molecule has 4 N–H and O–H groups in total. The molecular weight excluding hydrogens is 412 g/mol. The van der Waals surface area contributed by atoms with Gasteiger partial charge in [0.15, 0.2) is 0 Å². The topological polar surface area (TPSA) is 131 Å². The Kier molecular flexibility index (Phi) is 10.7. The molecule has 1 aromatic carbocycles. The van der Waals surface area contributed by atoms with Crippen LogP contribution in [0.25, 0.3) is 0 Å². The highest BCUT2D eigenvalue weighted by atomic mass is 16.6. The molecule has 1 rings (SSSR count). The fraction of sp³-hybridized carbons (Fsp3) is 0.565. The molecule has 0 aliphatic carbocycles. The lowest BCUT2D eigenvalue weighted by Crippen LogP contribution is -2.54. The van der Waals surface area contributed by atoms with Crippen molar-refractivity contribution in [2.45, 2.75) is 71.6 Å². The average molecular weight is 449 g/mol. The molecule has 0 bridgehead atoms. The first kappa shape index (κ1) is 26.9. The summed E-state index contributed by atoms with van der Waals surface area (Å²) in [5.74, 6) is -1.70. The average Bonchev–Trinajstić information content (AvgIpc) is 2.70. The van der Waals surface area contributed by atoms with E-state index in [2.05, 4.69) is 10.6 Å². The van der Waals surface area contributed by atoms with Crippen molar-refractivity contribution in [1.29, 1.82) is 0 Å². The molecule has 0 aromatic heterocycles. The van der Waals surface area contributed by atoms with Crippen LogP contribution in [0, 0.1) is 0 Å². The van der Waals surface area contributed by atoms with Crippen molar-refractivity contribution in [1.82, 2.24) is 15.5 Å². The molecule has 0 spiro atoms. The Morgan fingerprint density at radius 2 is 1.72 bits per heavy atom. The van der Waals surface area contributed by atoms with Crippen LogP contribution in [0.3, 0.4) is 0 Å². The van der Waals surface area contributed by atoms with Crippen LogP contribution in [0.5, 0.6) is 0 Å². The number of ether oxygens (including phenoxy) is 1. The van der Waals surface area contributed by atoms with E-state index in [4.69, 9.17) is 10.5 Å². The quantitative estimate of drug-likeness (QED) is 0.447. The first-order chi connectivity index (χ1) is 15.0. The number of carbonyl (C=O) groups excluding carboxylic acids is 4. The Labute approximate surface area is 190 Å². The Hall–Kier alpha value is -3.10. The number of rotatable bonds is 11. The lowest BCUT2D eigenvalue weighted by Gasteiger charge is -2.33. The summed E-state index contributed by atoms with van der Waals surface area (Å²) in [6.07, 6.45) is 0.440. The van der Waals surface area contributed by atoms with Gasteiger partial charge in [-0.2, -0.15) is 0 Å². The van der Waals surface area contributed by atoms with Crippen molar-refractivity contribution in [3.05, 3.63) is 35.9 Å². The van der Waals surface area contributed by atoms with Crippen molar-refractivity contribution in [3.63, 3.8) is 0 Å². The van der Waals surface area contributed by atoms with Gasteiger partial charge in [-0.1, -0.05) is 43.7 Å². The number of nitrogens with one attached hydrogen (secondary N) is 2. The molecular formula is C23H36N4O5. The lowest BCUT2D eigenvalue weighted by atomic mass is 10.0. The van der Waals surface area contributed by atoms with Crippen LogP contribution < -0.4 is 16.4 Å². The molecule has 178 valence electrons. The summed E-state index contributed by atoms with van der Waals surface area (Å²) in [6.45, 7) is 9.43. The van der Waals surface area contributed by atoms with Gasteiger partial charge in [0.25, 0.3) is 0 Å². The van der Waals surface area contributed by atoms with Crippen molar-refractivity contribution < 1.29 is 23.9 Å². The van der Waals surface area contributed by atoms with Gasteiger partial charge in [0.2, 0.25) is 17.7 Å². The zero-order valence-electron chi connectivity index (χ0n) is 19.6. The maximum absolute atomic E-state index is 13.4. The fourth-order valence-corrected chi connectivity index (χ4v) is 3.11. The summed E-state index contributed by atoms with van der Waals surface area (Å²) in [7, 11) is 0. The van der Waals surface area contributed by atoms with Gasteiger partial charge in [-0.15, -0.1) is 0 Å². The van der Waals surface area contributed by atoms with E-state index in [0.29, 0.717) is 12.1 Å². The molecule has 0 saturated carbocycles. The van der Waals surface area contributed by atoms with Gasteiger partial charge < -0.3 is 26.0 Å². The number of carbonyl (C=O) groups is 4. The zero-order valence-corrected chi connectivity index (χ0v) is 19.6. The summed E-state index contributed by atoms with van der Waals surface area (Å²) in [5.41, 5.74) is 5.15. The molecule has 0 aliphatic rings. The predicted octanol–water partition coefficient (Wildman–Crippen LogP) is 2.26. The van der Waals surface area contributed by atoms with E-state index in [1.165, 1.54) is 4.90 Å². The number of nitrogens with two attached hydrogens (primary N) is 1. The van der Waals surface area contributed by atoms with Crippen LogP contribution in [0.2, 0.25) is 0 Å². The minimum Gasteiger partial charge on any atom is -0.444 e. The third kappa shape index (κ3) is 8.95. The monoisotopic (exact) mass is 448 g/mol. The molecule has 32 heavy (non-hydrogen) atoms.